The number of halogens is 3. The molecule has 0 unspecified atom stereocenters. The van der Waals surface area contributed by atoms with Crippen molar-refractivity contribution in [2.75, 3.05) is 10.0 Å². The van der Waals surface area contributed by atoms with Crippen LogP contribution in [0, 0.1) is 11.6 Å². The Morgan fingerprint density at radius 2 is 1.63 bits per heavy atom. The van der Waals surface area contributed by atoms with Crippen LogP contribution in [0.15, 0.2) is 77.7 Å². The summed E-state index contributed by atoms with van der Waals surface area (Å²) in [6.45, 7) is 0. The second-order valence-electron chi connectivity index (χ2n) is 6.10. The highest BCUT2D eigenvalue weighted by Gasteiger charge is 2.15. The van der Waals surface area contributed by atoms with Crippen molar-refractivity contribution in [3.05, 3.63) is 95.0 Å². The molecule has 30 heavy (non-hydrogen) atoms. The van der Waals surface area contributed by atoms with E-state index in [1.165, 1.54) is 36.4 Å². The molecule has 1 amide bonds. The van der Waals surface area contributed by atoms with Gasteiger partial charge in [-0.15, -0.1) is 0 Å². The Balaban J connectivity index is 1.68. The van der Waals surface area contributed by atoms with Crippen LogP contribution in [0.3, 0.4) is 0 Å². The fourth-order valence-corrected chi connectivity index (χ4v) is 3.76. The molecule has 0 heterocycles. The van der Waals surface area contributed by atoms with E-state index >= 15 is 0 Å². The molecule has 0 aliphatic heterocycles. The van der Waals surface area contributed by atoms with E-state index in [-0.39, 0.29) is 21.3 Å². The monoisotopic (exact) mass is 448 g/mol. The fourth-order valence-electron chi connectivity index (χ4n) is 2.45. The molecule has 0 radical (unpaired) electrons. The van der Waals surface area contributed by atoms with Crippen molar-refractivity contribution >= 4 is 45.0 Å². The molecule has 0 saturated carbocycles. The zero-order valence-electron chi connectivity index (χ0n) is 15.3. The number of hydrogen-bond donors (Lipinski definition) is 2. The lowest BCUT2D eigenvalue weighted by atomic mass is 10.2. The molecule has 0 fully saturated rings. The summed E-state index contributed by atoms with van der Waals surface area (Å²) in [6, 6.07) is 14.9. The highest BCUT2D eigenvalue weighted by molar-refractivity contribution is 7.92. The predicted molar refractivity (Wildman–Crippen MR) is 113 cm³/mol. The van der Waals surface area contributed by atoms with Crippen LogP contribution < -0.4 is 10.0 Å². The Hall–Kier alpha value is -3.23. The van der Waals surface area contributed by atoms with Crippen LogP contribution >= 0.6 is 11.6 Å². The molecule has 0 aliphatic rings. The van der Waals surface area contributed by atoms with E-state index in [1.807, 2.05) is 0 Å². The van der Waals surface area contributed by atoms with Crippen LogP contribution in [0.1, 0.15) is 5.56 Å². The third-order valence-corrected chi connectivity index (χ3v) is 5.63. The third kappa shape index (κ3) is 5.43. The molecule has 2 N–H and O–H groups in total. The van der Waals surface area contributed by atoms with E-state index in [0.29, 0.717) is 5.56 Å². The van der Waals surface area contributed by atoms with Crippen LogP contribution in [0.25, 0.3) is 6.08 Å². The summed E-state index contributed by atoms with van der Waals surface area (Å²) >= 11 is 5.97. The number of para-hydroxylation sites is 1. The summed E-state index contributed by atoms with van der Waals surface area (Å²) in [7, 11) is -3.85. The first-order valence-corrected chi connectivity index (χ1v) is 10.4. The molecule has 0 atom stereocenters. The summed E-state index contributed by atoms with van der Waals surface area (Å²) in [5.74, 6) is -2.12. The average molecular weight is 449 g/mol. The minimum absolute atomic E-state index is 0.00542. The summed E-state index contributed by atoms with van der Waals surface area (Å²) in [6.07, 6.45) is 2.53. The maximum Gasteiger partial charge on any atom is 0.261 e. The van der Waals surface area contributed by atoms with Crippen molar-refractivity contribution in [1.82, 2.24) is 0 Å². The largest absolute Gasteiger partial charge is 0.320 e. The first-order valence-electron chi connectivity index (χ1n) is 8.56. The SMILES string of the molecule is O=C(C=Cc1ccc(S(=O)(=O)Nc2ccccc2Cl)cc1)Nc1cc(F)ccc1F. The molecular formula is C21H15ClF2N2O3S. The number of anilines is 2. The average Bonchev–Trinajstić information content (AvgIpc) is 2.71. The van der Waals surface area contributed by atoms with Gasteiger partial charge in [-0.2, -0.15) is 0 Å². The summed E-state index contributed by atoms with van der Waals surface area (Å²) in [5.41, 5.74) is 0.502. The fraction of sp³-hybridized carbons (Fsp3) is 0. The topological polar surface area (TPSA) is 75.3 Å². The molecule has 5 nitrogen and oxygen atoms in total. The quantitative estimate of drug-likeness (QED) is 0.517. The van der Waals surface area contributed by atoms with Crippen molar-refractivity contribution in [2.24, 2.45) is 0 Å². The lowest BCUT2D eigenvalue weighted by molar-refractivity contribution is -0.111. The van der Waals surface area contributed by atoms with Gasteiger partial charge in [-0.25, -0.2) is 17.2 Å². The van der Waals surface area contributed by atoms with Crippen molar-refractivity contribution in [1.29, 1.82) is 0 Å². The Labute approximate surface area is 177 Å². The smallest absolute Gasteiger partial charge is 0.261 e. The first-order chi connectivity index (χ1) is 14.2. The number of hydrogen-bond acceptors (Lipinski definition) is 3. The minimum Gasteiger partial charge on any atom is -0.320 e. The summed E-state index contributed by atoms with van der Waals surface area (Å²) in [4.78, 5) is 11.9. The first kappa shape index (κ1) is 21.5. The van der Waals surface area contributed by atoms with E-state index in [2.05, 4.69) is 10.0 Å². The third-order valence-electron chi connectivity index (χ3n) is 3.92. The second-order valence-corrected chi connectivity index (χ2v) is 8.19. The van der Waals surface area contributed by atoms with E-state index < -0.39 is 27.6 Å². The molecule has 0 spiro atoms. The molecule has 0 aliphatic carbocycles. The van der Waals surface area contributed by atoms with Crippen LogP contribution in [-0.2, 0) is 14.8 Å². The number of benzene rings is 3. The lowest BCUT2D eigenvalue weighted by Gasteiger charge is -2.09. The van der Waals surface area contributed by atoms with Crippen molar-refractivity contribution < 1.29 is 22.0 Å². The standard InChI is InChI=1S/C21H15ClF2N2O3S/c22-17-3-1-2-4-19(17)26-30(28,29)16-9-5-14(6-10-16)7-12-21(27)25-20-13-15(23)8-11-18(20)24/h1-13,26H,(H,25,27). The molecule has 3 rings (SSSR count). The maximum atomic E-state index is 13.6. The number of nitrogens with one attached hydrogen (secondary N) is 2. The molecular weight excluding hydrogens is 434 g/mol. The number of carbonyl (C=O) groups is 1. The molecule has 0 aromatic heterocycles. The summed E-state index contributed by atoms with van der Waals surface area (Å²) in [5, 5.41) is 2.50. The van der Waals surface area contributed by atoms with Crippen LogP contribution in [0.2, 0.25) is 5.02 Å². The number of rotatable bonds is 6. The second kappa shape index (κ2) is 9.06. The summed E-state index contributed by atoms with van der Waals surface area (Å²) < 4.78 is 54.1. The van der Waals surface area contributed by atoms with Crippen LogP contribution in [0.5, 0.6) is 0 Å². The van der Waals surface area contributed by atoms with Gasteiger partial charge in [0.25, 0.3) is 10.0 Å². The highest BCUT2D eigenvalue weighted by Crippen LogP contribution is 2.24. The Morgan fingerprint density at radius 1 is 0.933 bits per heavy atom. The molecule has 0 saturated heterocycles. The number of sulfonamides is 1. The molecule has 9 heteroatoms. The predicted octanol–water partition coefficient (Wildman–Crippen LogP) is 5.07. The lowest BCUT2D eigenvalue weighted by Crippen LogP contribution is -2.13. The van der Waals surface area contributed by atoms with Crippen molar-refractivity contribution in [2.45, 2.75) is 4.90 Å². The van der Waals surface area contributed by atoms with Gasteiger partial charge in [0.15, 0.2) is 0 Å². The van der Waals surface area contributed by atoms with E-state index in [1.54, 1.807) is 18.2 Å². The zero-order chi connectivity index (χ0) is 21.7. The molecule has 154 valence electrons. The van der Waals surface area contributed by atoms with E-state index in [9.17, 15) is 22.0 Å². The van der Waals surface area contributed by atoms with Gasteiger partial charge in [0.2, 0.25) is 5.91 Å². The van der Waals surface area contributed by atoms with Gasteiger partial charge in [-0.1, -0.05) is 35.9 Å². The maximum absolute atomic E-state index is 13.6. The number of carbonyl (C=O) groups excluding carboxylic acids is 1. The van der Waals surface area contributed by atoms with Crippen LogP contribution in [-0.4, -0.2) is 14.3 Å². The van der Waals surface area contributed by atoms with Gasteiger partial charge >= 0.3 is 0 Å². The molecule has 0 bridgehead atoms. The van der Waals surface area contributed by atoms with Gasteiger partial charge in [-0.05, 0) is 48.0 Å². The van der Waals surface area contributed by atoms with Crippen LogP contribution in [0.4, 0.5) is 20.2 Å². The highest BCUT2D eigenvalue weighted by atomic mass is 35.5. The van der Waals surface area contributed by atoms with Gasteiger partial charge in [0.05, 0.1) is 21.3 Å². The van der Waals surface area contributed by atoms with Crippen molar-refractivity contribution in [3.8, 4) is 0 Å². The van der Waals surface area contributed by atoms with Crippen molar-refractivity contribution in [3.63, 3.8) is 0 Å². The minimum atomic E-state index is -3.85. The van der Waals surface area contributed by atoms with Gasteiger partial charge in [0.1, 0.15) is 11.6 Å². The molecule has 3 aromatic rings. The van der Waals surface area contributed by atoms with Gasteiger partial charge in [0, 0.05) is 12.1 Å². The number of amides is 1. The molecule has 3 aromatic carbocycles. The van der Waals surface area contributed by atoms with Gasteiger partial charge in [-0.3, -0.25) is 9.52 Å². The van der Waals surface area contributed by atoms with Gasteiger partial charge < -0.3 is 5.32 Å². The van der Waals surface area contributed by atoms with E-state index in [4.69, 9.17) is 11.6 Å². The van der Waals surface area contributed by atoms with E-state index in [0.717, 1.165) is 24.3 Å². The zero-order valence-corrected chi connectivity index (χ0v) is 16.8. The Kier molecular flexibility index (Phi) is 6.49. The Morgan fingerprint density at radius 3 is 2.33 bits per heavy atom. The normalized spacial score (nSPS) is 11.4. The Bertz CT molecular complexity index is 1210.